The molecule has 37 heavy (non-hydrogen) atoms. The van der Waals surface area contributed by atoms with Gasteiger partial charge < -0.3 is 14.9 Å². The molecule has 1 aliphatic rings. The van der Waals surface area contributed by atoms with Crippen molar-refractivity contribution in [1.29, 1.82) is 0 Å². The largest absolute Gasteiger partial charge is 0.497 e. The standard InChI is InChI=1S/C25H18Cl2N2O7S/c1-36-17-5-7-18(8-6-17)37(34,35)29-16-4-2-3-14(11-16)25(24(32)33)19(9-10-22(30)31)23-20(27)12-15(26)13-21(23)28-25/h2-13,29H,1H3,(H,30,31)(H,32,33). The topological polar surface area (TPSA) is 142 Å². The average Bonchev–Trinajstić information content (AvgIpc) is 3.18. The summed E-state index contributed by atoms with van der Waals surface area (Å²) in [4.78, 5) is 28.5. The Hall–Kier alpha value is -3.86. The minimum Gasteiger partial charge on any atom is -0.497 e. The predicted octanol–water partition coefficient (Wildman–Crippen LogP) is 3.21. The van der Waals surface area contributed by atoms with Crippen LogP contribution in [0.1, 0.15) is 5.56 Å². The van der Waals surface area contributed by atoms with E-state index in [0.717, 1.165) is 12.2 Å². The maximum Gasteiger partial charge on any atom is 0.341 e. The number of methoxy groups -OCH3 is 1. The molecule has 0 saturated carbocycles. The molecule has 1 unspecified atom stereocenters. The van der Waals surface area contributed by atoms with Crippen molar-refractivity contribution < 1.29 is 33.0 Å². The van der Waals surface area contributed by atoms with Crippen LogP contribution >= 0.6 is 23.2 Å². The number of sulfonamides is 1. The molecule has 12 heteroatoms. The van der Waals surface area contributed by atoms with Crippen LogP contribution in [-0.2, 0) is 25.2 Å². The fourth-order valence-corrected chi connectivity index (χ4v) is 5.61. The van der Waals surface area contributed by atoms with Crippen LogP contribution in [0.4, 0.5) is 5.69 Å². The van der Waals surface area contributed by atoms with E-state index in [1.807, 2.05) is 0 Å². The molecule has 0 amide bonds. The number of hydrogen-bond donors (Lipinski definition) is 3. The minimum absolute atomic E-state index is 0.0192. The van der Waals surface area contributed by atoms with Gasteiger partial charge >= 0.3 is 11.9 Å². The summed E-state index contributed by atoms with van der Waals surface area (Å²) < 4.78 is 33.4. The molecule has 0 radical (unpaired) electrons. The van der Waals surface area contributed by atoms with Crippen LogP contribution in [0.5, 0.6) is 5.75 Å². The van der Waals surface area contributed by atoms with E-state index in [1.165, 1.54) is 67.8 Å². The number of nitrogens with one attached hydrogen (secondary N) is 1. The van der Waals surface area contributed by atoms with Crippen molar-refractivity contribution in [3.63, 3.8) is 0 Å². The van der Waals surface area contributed by atoms with E-state index in [-0.39, 0.29) is 42.3 Å². The zero-order chi connectivity index (χ0) is 27.0. The van der Waals surface area contributed by atoms with E-state index in [9.17, 15) is 28.2 Å². The van der Waals surface area contributed by atoms with Crippen molar-refractivity contribution in [2.45, 2.75) is 10.4 Å². The number of carboxylic acid groups (broad SMARTS) is 2. The number of halogens is 2. The van der Waals surface area contributed by atoms with Crippen LogP contribution in [0.2, 0.25) is 10.0 Å². The third kappa shape index (κ3) is 4.91. The zero-order valence-corrected chi connectivity index (χ0v) is 21.3. The van der Waals surface area contributed by atoms with E-state index < -0.39 is 27.5 Å². The van der Waals surface area contributed by atoms with Gasteiger partial charge in [0.25, 0.3) is 10.0 Å². The quantitative estimate of drug-likeness (QED) is 0.359. The van der Waals surface area contributed by atoms with Crippen molar-refractivity contribution in [3.05, 3.63) is 99.0 Å². The molecule has 1 aliphatic heterocycles. The van der Waals surface area contributed by atoms with Gasteiger partial charge in [0.05, 0.1) is 22.4 Å². The van der Waals surface area contributed by atoms with Gasteiger partial charge in [-0.1, -0.05) is 35.3 Å². The second kappa shape index (κ2) is 9.89. The maximum atomic E-state index is 12.9. The van der Waals surface area contributed by atoms with Crippen molar-refractivity contribution in [2.75, 3.05) is 11.8 Å². The van der Waals surface area contributed by atoms with E-state index in [2.05, 4.69) is 9.71 Å². The van der Waals surface area contributed by atoms with Crippen molar-refractivity contribution in [3.8, 4) is 5.75 Å². The second-order valence-corrected chi connectivity index (χ2v) is 10.4. The Morgan fingerprint density at radius 2 is 1.76 bits per heavy atom. The number of nitrogens with zero attached hydrogens (tertiary/aromatic N) is 1. The van der Waals surface area contributed by atoms with Gasteiger partial charge in [-0.15, -0.1) is 0 Å². The first-order valence-corrected chi connectivity index (χ1v) is 12.7. The van der Waals surface area contributed by atoms with Gasteiger partial charge in [-0.3, -0.25) is 9.71 Å². The Labute approximate surface area is 221 Å². The molecule has 1 heterocycles. The first-order chi connectivity index (χ1) is 17.5. The summed E-state index contributed by atoms with van der Waals surface area (Å²) in [6, 6.07) is 14.2. The molecule has 9 nitrogen and oxygen atoms in total. The summed E-state index contributed by atoms with van der Waals surface area (Å²) in [5.41, 5.74) is -2.03. The molecule has 4 rings (SSSR count). The van der Waals surface area contributed by atoms with Crippen LogP contribution in [-0.4, -0.2) is 37.7 Å². The summed E-state index contributed by atoms with van der Waals surface area (Å²) in [7, 11) is -2.59. The van der Waals surface area contributed by atoms with E-state index >= 15 is 0 Å². The first kappa shape index (κ1) is 26.2. The Balaban J connectivity index is 1.88. The third-order valence-electron chi connectivity index (χ3n) is 5.59. The third-order valence-corrected chi connectivity index (χ3v) is 7.50. The summed E-state index contributed by atoms with van der Waals surface area (Å²) in [6.45, 7) is 0. The van der Waals surface area contributed by atoms with Gasteiger partial charge in [0.2, 0.25) is 5.54 Å². The first-order valence-electron chi connectivity index (χ1n) is 10.5. The summed E-state index contributed by atoms with van der Waals surface area (Å²) in [5.74, 6) is -2.27. The molecule has 0 aliphatic carbocycles. The van der Waals surface area contributed by atoms with Gasteiger partial charge in [-0.2, -0.15) is 0 Å². The Bertz CT molecular complexity index is 1690. The molecular formula is C25H18Cl2N2O7S. The molecule has 3 N–H and O–H groups in total. The number of fused-ring (bicyclic) bond motifs is 1. The van der Waals surface area contributed by atoms with E-state index in [0.29, 0.717) is 5.75 Å². The van der Waals surface area contributed by atoms with Crippen molar-refractivity contribution in [2.24, 2.45) is 4.99 Å². The Morgan fingerprint density at radius 3 is 2.38 bits per heavy atom. The lowest BCUT2D eigenvalue weighted by Crippen LogP contribution is -2.35. The number of rotatable bonds is 8. The number of hydrogen-bond acceptors (Lipinski definition) is 6. The second-order valence-electron chi connectivity index (χ2n) is 7.86. The number of benzene rings is 3. The molecule has 0 fully saturated rings. The molecule has 3 aromatic carbocycles. The van der Waals surface area contributed by atoms with Gasteiger partial charge in [0.15, 0.2) is 0 Å². The molecule has 3 aromatic rings. The normalized spacial score (nSPS) is 16.8. The molecule has 0 saturated heterocycles. The van der Waals surface area contributed by atoms with Gasteiger partial charge in [-0.25, -0.2) is 18.0 Å². The predicted molar refractivity (Wildman–Crippen MR) is 137 cm³/mol. The molecule has 1 atom stereocenters. The highest BCUT2D eigenvalue weighted by Crippen LogP contribution is 2.39. The van der Waals surface area contributed by atoms with Crippen LogP contribution in [0.25, 0.3) is 5.57 Å². The zero-order valence-electron chi connectivity index (χ0n) is 19.0. The molecule has 0 spiro atoms. The van der Waals surface area contributed by atoms with Crippen LogP contribution in [0.3, 0.4) is 0 Å². The molecule has 190 valence electrons. The number of ether oxygens (including phenoxy) is 1. The average molecular weight is 561 g/mol. The highest BCUT2D eigenvalue weighted by molar-refractivity contribution is 7.92. The summed E-state index contributed by atoms with van der Waals surface area (Å²) >= 11 is 12.5. The van der Waals surface area contributed by atoms with Crippen LogP contribution in [0.15, 0.2) is 82.7 Å². The molecular weight excluding hydrogens is 543 g/mol. The summed E-state index contributed by atoms with van der Waals surface area (Å²) in [5, 5.41) is 20.3. The van der Waals surface area contributed by atoms with Crippen molar-refractivity contribution >= 4 is 56.4 Å². The molecule has 0 bridgehead atoms. The van der Waals surface area contributed by atoms with E-state index in [1.54, 1.807) is 0 Å². The number of aliphatic carboxylic acids is 2. The van der Waals surface area contributed by atoms with Crippen molar-refractivity contribution in [1.82, 2.24) is 0 Å². The fourth-order valence-electron chi connectivity index (χ4n) is 3.98. The SMILES string of the molecule is COc1ccc(S(=O)(=O)Nc2cccc(C3(C(=O)O)N=c4cc(Cl)cc(Cl)c4=C3C=CC(=O)O)c2)cc1. The fraction of sp³-hybridized carbons (Fsp3) is 0.0800. The van der Waals surface area contributed by atoms with Gasteiger partial charge in [0, 0.05) is 27.6 Å². The Morgan fingerprint density at radius 1 is 1.05 bits per heavy atom. The lowest BCUT2D eigenvalue weighted by Gasteiger charge is -2.25. The van der Waals surface area contributed by atoms with Crippen LogP contribution < -0.4 is 20.0 Å². The van der Waals surface area contributed by atoms with E-state index in [4.69, 9.17) is 27.9 Å². The van der Waals surface area contributed by atoms with Crippen LogP contribution in [0, 0.1) is 0 Å². The van der Waals surface area contributed by atoms with Gasteiger partial charge in [-0.05, 0) is 60.2 Å². The minimum atomic E-state index is -4.04. The summed E-state index contributed by atoms with van der Waals surface area (Å²) in [6.07, 6.45) is 1.89. The number of carbonyl (C=O) groups is 2. The highest BCUT2D eigenvalue weighted by Gasteiger charge is 2.46. The monoisotopic (exact) mass is 560 g/mol. The highest BCUT2D eigenvalue weighted by atomic mass is 35.5. The number of anilines is 1. The smallest absolute Gasteiger partial charge is 0.341 e. The lowest BCUT2D eigenvalue weighted by atomic mass is 9.83. The van der Waals surface area contributed by atoms with Gasteiger partial charge in [0.1, 0.15) is 5.75 Å². The lowest BCUT2D eigenvalue weighted by molar-refractivity contribution is -0.141. The Kier molecular flexibility index (Phi) is 7.00. The maximum absolute atomic E-state index is 12.9. The number of carboxylic acids is 2. The molecule has 0 aromatic heterocycles.